The van der Waals surface area contributed by atoms with E-state index in [1.165, 1.54) is 0 Å². The maximum atomic E-state index is 9.71. The normalized spacial score (nSPS) is 22.1. The fourth-order valence-electron chi connectivity index (χ4n) is 1.21. The first-order chi connectivity index (χ1) is 4.81. The van der Waals surface area contributed by atoms with Crippen LogP contribution in [0.1, 0.15) is 25.0 Å². The van der Waals surface area contributed by atoms with Crippen LogP contribution in [0.2, 0.25) is 0 Å². The predicted molar refractivity (Wildman–Crippen MR) is 39.9 cm³/mol. The van der Waals surface area contributed by atoms with E-state index < -0.39 is 5.60 Å². The monoisotopic (exact) mass is 155 g/mol. The second-order valence-corrected chi connectivity index (χ2v) is 3.48. The van der Waals surface area contributed by atoms with Crippen LogP contribution in [-0.2, 0) is 5.60 Å². The first-order valence-corrected chi connectivity index (χ1v) is 4.37. The van der Waals surface area contributed by atoms with Crippen LogP contribution in [0, 0.1) is 0 Å². The zero-order valence-corrected chi connectivity index (χ0v) is 6.40. The minimum atomic E-state index is -0.556. The molecule has 0 saturated heterocycles. The van der Waals surface area contributed by atoms with Crippen LogP contribution in [0.25, 0.3) is 0 Å². The first-order valence-electron chi connectivity index (χ1n) is 3.42. The van der Waals surface area contributed by atoms with Crippen molar-refractivity contribution in [1.82, 2.24) is 4.98 Å². The highest BCUT2D eigenvalue weighted by Crippen LogP contribution is 2.40. The van der Waals surface area contributed by atoms with Gasteiger partial charge in [-0.2, -0.15) is 0 Å². The van der Waals surface area contributed by atoms with Crippen LogP contribution in [0.3, 0.4) is 0 Å². The van der Waals surface area contributed by atoms with E-state index in [1.807, 2.05) is 5.38 Å². The van der Waals surface area contributed by atoms with E-state index in [9.17, 15) is 5.11 Å². The van der Waals surface area contributed by atoms with Crippen LogP contribution >= 0.6 is 11.3 Å². The minimum absolute atomic E-state index is 0.556. The van der Waals surface area contributed by atoms with E-state index in [-0.39, 0.29) is 0 Å². The van der Waals surface area contributed by atoms with Gasteiger partial charge in [0.1, 0.15) is 5.60 Å². The Morgan fingerprint density at radius 3 is 2.80 bits per heavy atom. The van der Waals surface area contributed by atoms with Gasteiger partial charge in [-0.25, -0.2) is 4.98 Å². The van der Waals surface area contributed by atoms with Gasteiger partial charge in [0.2, 0.25) is 0 Å². The molecule has 1 aromatic heterocycles. The summed E-state index contributed by atoms with van der Waals surface area (Å²) in [6, 6.07) is 0. The van der Waals surface area contributed by atoms with Gasteiger partial charge in [0.25, 0.3) is 0 Å². The summed E-state index contributed by atoms with van der Waals surface area (Å²) < 4.78 is 0. The molecule has 3 heteroatoms. The molecule has 0 aliphatic heterocycles. The molecule has 0 radical (unpaired) electrons. The molecule has 0 aromatic carbocycles. The summed E-state index contributed by atoms with van der Waals surface area (Å²) in [7, 11) is 0. The molecular formula is C7H9NOS. The average Bonchev–Trinajstić information content (AvgIpc) is 2.33. The van der Waals surface area contributed by atoms with Crippen LogP contribution in [-0.4, -0.2) is 10.1 Å². The SMILES string of the molecule is OC1(c2cscn2)CCC1. The number of rotatable bonds is 1. The lowest BCUT2D eigenvalue weighted by Crippen LogP contribution is -2.33. The maximum Gasteiger partial charge on any atom is 0.107 e. The highest BCUT2D eigenvalue weighted by Gasteiger charge is 2.37. The topological polar surface area (TPSA) is 33.1 Å². The molecule has 0 spiro atoms. The van der Waals surface area contributed by atoms with Crippen LogP contribution in [0.5, 0.6) is 0 Å². The molecule has 0 unspecified atom stereocenters. The third kappa shape index (κ3) is 0.777. The number of hydrogen-bond donors (Lipinski definition) is 1. The summed E-state index contributed by atoms with van der Waals surface area (Å²) in [6.07, 6.45) is 2.90. The quantitative estimate of drug-likeness (QED) is 0.667. The molecule has 1 aliphatic carbocycles. The van der Waals surface area contributed by atoms with Gasteiger partial charge in [0.15, 0.2) is 0 Å². The van der Waals surface area contributed by atoms with Crippen molar-refractivity contribution in [3.05, 3.63) is 16.6 Å². The molecule has 0 atom stereocenters. The molecule has 0 bridgehead atoms. The van der Waals surface area contributed by atoms with Gasteiger partial charge in [-0.3, -0.25) is 0 Å². The van der Waals surface area contributed by atoms with E-state index >= 15 is 0 Å². The van der Waals surface area contributed by atoms with Gasteiger partial charge < -0.3 is 5.11 Å². The number of thiazole rings is 1. The van der Waals surface area contributed by atoms with Crippen LogP contribution in [0.4, 0.5) is 0 Å². The van der Waals surface area contributed by atoms with E-state index in [1.54, 1.807) is 16.8 Å². The van der Waals surface area contributed by atoms with Crippen molar-refractivity contribution >= 4 is 11.3 Å². The van der Waals surface area contributed by atoms with Gasteiger partial charge in [0.05, 0.1) is 11.2 Å². The Morgan fingerprint density at radius 1 is 1.60 bits per heavy atom. The average molecular weight is 155 g/mol. The number of hydrogen-bond acceptors (Lipinski definition) is 3. The Bertz CT molecular complexity index is 216. The van der Waals surface area contributed by atoms with Gasteiger partial charge in [-0.1, -0.05) is 0 Å². The summed E-state index contributed by atoms with van der Waals surface area (Å²) in [5.74, 6) is 0. The standard InChI is InChI=1S/C7H9NOS/c9-7(2-1-3-7)6-4-10-5-8-6/h4-5,9H,1-3H2. The van der Waals surface area contributed by atoms with Gasteiger partial charge in [-0.15, -0.1) is 11.3 Å². The Morgan fingerprint density at radius 2 is 2.40 bits per heavy atom. The highest BCUT2D eigenvalue weighted by molar-refractivity contribution is 7.07. The molecule has 1 fully saturated rings. The van der Waals surface area contributed by atoms with Crippen molar-refractivity contribution in [1.29, 1.82) is 0 Å². The summed E-state index contributed by atoms with van der Waals surface area (Å²) in [5.41, 5.74) is 2.08. The smallest absolute Gasteiger partial charge is 0.107 e. The number of aromatic nitrogens is 1. The largest absolute Gasteiger partial charge is 0.384 e. The van der Waals surface area contributed by atoms with Crippen LogP contribution < -0.4 is 0 Å². The third-order valence-corrected chi connectivity index (χ3v) is 2.68. The third-order valence-electron chi connectivity index (χ3n) is 2.09. The maximum absolute atomic E-state index is 9.71. The van der Waals surface area contributed by atoms with Crippen molar-refractivity contribution < 1.29 is 5.11 Å². The van der Waals surface area contributed by atoms with Crippen molar-refractivity contribution in [2.75, 3.05) is 0 Å². The lowest BCUT2D eigenvalue weighted by molar-refractivity contribution is -0.0421. The second kappa shape index (κ2) is 2.04. The number of nitrogens with zero attached hydrogens (tertiary/aromatic N) is 1. The van der Waals surface area contributed by atoms with Gasteiger partial charge >= 0.3 is 0 Å². The fraction of sp³-hybridized carbons (Fsp3) is 0.571. The van der Waals surface area contributed by atoms with Crippen molar-refractivity contribution in [3.63, 3.8) is 0 Å². The Kier molecular flexibility index (Phi) is 1.28. The minimum Gasteiger partial charge on any atom is -0.384 e. The Balaban J connectivity index is 2.27. The van der Waals surface area contributed by atoms with E-state index in [0.717, 1.165) is 25.0 Å². The Hall–Kier alpha value is -0.410. The first kappa shape index (κ1) is 6.31. The lowest BCUT2D eigenvalue weighted by Gasteiger charge is -2.34. The molecule has 10 heavy (non-hydrogen) atoms. The lowest BCUT2D eigenvalue weighted by atomic mass is 9.78. The van der Waals surface area contributed by atoms with Crippen molar-refractivity contribution in [2.24, 2.45) is 0 Å². The van der Waals surface area contributed by atoms with Crippen molar-refractivity contribution in [3.8, 4) is 0 Å². The van der Waals surface area contributed by atoms with Gasteiger partial charge in [0, 0.05) is 5.38 Å². The molecule has 54 valence electrons. The molecule has 1 aromatic rings. The molecule has 1 saturated carbocycles. The highest BCUT2D eigenvalue weighted by atomic mass is 32.1. The molecule has 0 amide bonds. The second-order valence-electron chi connectivity index (χ2n) is 2.76. The molecule has 1 N–H and O–H groups in total. The molecule has 2 nitrogen and oxygen atoms in total. The Labute approximate surface area is 63.5 Å². The van der Waals surface area contributed by atoms with Gasteiger partial charge in [-0.05, 0) is 19.3 Å². The summed E-state index contributed by atoms with van der Waals surface area (Å²) in [5, 5.41) is 11.6. The number of aliphatic hydroxyl groups is 1. The molecule has 1 aliphatic rings. The summed E-state index contributed by atoms with van der Waals surface area (Å²) in [4.78, 5) is 4.08. The molecule has 2 rings (SSSR count). The van der Waals surface area contributed by atoms with Crippen LogP contribution in [0.15, 0.2) is 10.9 Å². The molecular weight excluding hydrogens is 146 g/mol. The predicted octanol–water partition coefficient (Wildman–Crippen LogP) is 1.51. The van der Waals surface area contributed by atoms with E-state index in [4.69, 9.17) is 0 Å². The zero-order valence-electron chi connectivity index (χ0n) is 5.58. The summed E-state index contributed by atoms with van der Waals surface area (Å²) in [6.45, 7) is 0. The fourth-order valence-corrected chi connectivity index (χ4v) is 1.85. The zero-order chi connectivity index (χ0) is 7.03. The molecule has 1 heterocycles. The summed E-state index contributed by atoms with van der Waals surface area (Å²) >= 11 is 1.54. The van der Waals surface area contributed by atoms with E-state index in [0.29, 0.717) is 0 Å². The van der Waals surface area contributed by atoms with E-state index in [2.05, 4.69) is 4.98 Å². The van der Waals surface area contributed by atoms with Crippen molar-refractivity contribution in [2.45, 2.75) is 24.9 Å².